The number of pyridine rings is 1. The Hall–Kier alpha value is -3.09. The van der Waals surface area contributed by atoms with Gasteiger partial charge < -0.3 is 20.1 Å². The van der Waals surface area contributed by atoms with Crippen LogP contribution in [-0.4, -0.2) is 47.4 Å². The molecule has 0 spiro atoms. The van der Waals surface area contributed by atoms with E-state index in [4.69, 9.17) is 0 Å². The molecule has 0 unspecified atom stereocenters. The number of piperidine rings is 1. The molecule has 2 aliphatic heterocycles. The number of hydrogen-bond acceptors (Lipinski definition) is 4. The molecule has 2 amide bonds. The standard InChI is InChI=1S/C24H28N4O3/c29-22-21(23(30)26-18-6-7-18)20-10-13-28(15-17(20)14-25-22)24(31)16-4-8-19(9-5-16)27-11-2-1-3-12-27/h4-5,8-9,14,18H,1-3,6-7,10-13,15H2,(H,25,29)(H,26,30). The van der Waals surface area contributed by atoms with Gasteiger partial charge in [-0.1, -0.05) is 0 Å². The first-order chi connectivity index (χ1) is 15.1. The van der Waals surface area contributed by atoms with Crippen LogP contribution in [0.4, 0.5) is 5.69 Å². The minimum absolute atomic E-state index is 0.0222. The van der Waals surface area contributed by atoms with Crippen LogP contribution in [-0.2, 0) is 13.0 Å². The Kier molecular flexibility index (Phi) is 5.26. The van der Waals surface area contributed by atoms with Crippen LogP contribution in [0, 0.1) is 0 Å². The summed E-state index contributed by atoms with van der Waals surface area (Å²) >= 11 is 0. The monoisotopic (exact) mass is 420 g/mol. The second-order valence-corrected chi connectivity index (χ2v) is 8.82. The zero-order valence-corrected chi connectivity index (χ0v) is 17.7. The number of amides is 2. The molecule has 7 nitrogen and oxygen atoms in total. The van der Waals surface area contributed by atoms with Crippen LogP contribution >= 0.6 is 0 Å². The molecule has 0 radical (unpaired) electrons. The van der Waals surface area contributed by atoms with E-state index in [0.29, 0.717) is 25.1 Å². The van der Waals surface area contributed by atoms with Gasteiger partial charge in [0.1, 0.15) is 5.56 Å². The average Bonchev–Trinajstić information content (AvgIpc) is 3.63. The van der Waals surface area contributed by atoms with E-state index in [-0.39, 0.29) is 29.0 Å². The molecule has 5 rings (SSSR count). The van der Waals surface area contributed by atoms with Gasteiger partial charge >= 0.3 is 0 Å². The number of fused-ring (bicyclic) bond motifs is 1. The number of H-pyrrole nitrogens is 1. The molecule has 1 aliphatic carbocycles. The number of aromatic nitrogens is 1. The average molecular weight is 421 g/mol. The minimum Gasteiger partial charge on any atom is -0.372 e. The molecular weight excluding hydrogens is 392 g/mol. The molecule has 1 saturated heterocycles. The Morgan fingerprint density at radius 2 is 1.74 bits per heavy atom. The maximum absolute atomic E-state index is 13.1. The summed E-state index contributed by atoms with van der Waals surface area (Å²) in [7, 11) is 0. The Morgan fingerprint density at radius 1 is 1.00 bits per heavy atom. The number of anilines is 1. The van der Waals surface area contributed by atoms with Crippen LogP contribution < -0.4 is 15.8 Å². The molecular formula is C24H28N4O3. The Morgan fingerprint density at radius 3 is 2.45 bits per heavy atom. The fourth-order valence-corrected chi connectivity index (χ4v) is 4.62. The van der Waals surface area contributed by atoms with Gasteiger partial charge in [-0.25, -0.2) is 0 Å². The van der Waals surface area contributed by atoms with E-state index in [9.17, 15) is 14.4 Å². The van der Waals surface area contributed by atoms with E-state index < -0.39 is 0 Å². The SMILES string of the molecule is O=C(NC1CC1)c1c2c(c[nH]c1=O)CN(C(=O)c1ccc(N3CCCCC3)cc1)CC2. The van der Waals surface area contributed by atoms with Crippen molar-refractivity contribution in [3.63, 3.8) is 0 Å². The highest BCUT2D eigenvalue weighted by Crippen LogP contribution is 2.25. The minimum atomic E-state index is -0.357. The zero-order chi connectivity index (χ0) is 21.4. The van der Waals surface area contributed by atoms with Gasteiger partial charge in [-0.15, -0.1) is 0 Å². The maximum atomic E-state index is 13.1. The van der Waals surface area contributed by atoms with Gasteiger partial charge in [0.25, 0.3) is 17.4 Å². The third-order valence-electron chi connectivity index (χ3n) is 6.55. The predicted molar refractivity (Wildman–Crippen MR) is 119 cm³/mol. The number of nitrogens with zero attached hydrogens (tertiary/aromatic N) is 2. The molecule has 1 saturated carbocycles. The highest BCUT2D eigenvalue weighted by Gasteiger charge is 2.30. The van der Waals surface area contributed by atoms with Crippen molar-refractivity contribution in [1.82, 2.24) is 15.2 Å². The fourth-order valence-electron chi connectivity index (χ4n) is 4.62. The lowest BCUT2D eigenvalue weighted by Gasteiger charge is -2.30. The number of carbonyl (C=O) groups excluding carboxylic acids is 2. The van der Waals surface area contributed by atoms with Crippen LogP contribution in [0.5, 0.6) is 0 Å². The van der Waals surface area contributed by atoms with E-state index in [0.717, 1.165) is 37.1 Å². The van der Waals surface area contributed by atoms with Crippen LogP contribution in [0.3, 0.4) is 0 Å². The number of hydrogen-bond donors (Lipinski definition) is 2. The van der Waals surface area contributed by atoms with Crippen molar-refractivity contribution < 1.29 is 9.59 Å². The largest absolute Gasteiger partial charge is 0.372 e. The van der Waals surface area contributed by atoms with Gasteiger partial charge in [0.05, 0.1) is 0 Å². The number of carbonyl (C=O) groups is 2. The van der Waals surface area contributed by atoms with Crippen molar-refractivity contribution >= 4 is 17.5 Å². The molecule has 0 atom stereocenters. The molecule has 2 fully saturated rings. The lowest BCUT2D eigenvalue weighted by molar-refractivity contribution is 0.0734. The second kappa shape index (κ2) is 8.21. The van der Waals surface area contributed by atoms with Gasteiger partial charge in [-0.05, 0) is 73.9 Å². The first kappa shape index (κ1) is 19.8. The van der Waals surface area contributed by atoms with Crippen molar-refractivity contribution in [1.29, 1.82) is 0 Å². The van der Waals surface area contributed by atoms with E-state index in [1.54, 1.807) is 11.1 Å². The van der Waals surface area contributed by atoms with Crippen LogP contribution in [0.2, 0.25) is 0 Å². The van der Waals surface area contributed by atoms with E-state index >= 15 is 0 Å². The van der Waals surface area contributed by atoms with E-state index in [1.165, 1.54) is 24.9 Å². The fraction of sp³-hybridized carbons (Fsp3) is 0.458. The Bertz CT molecular complexity index is 1050. The summed E-state index contributed by atoms with van der Waals surface area (Å²) in [5.74, 6) is -0.320. The normalized spacial score (nSPS) is 18.5. The summed E-state index contributed by atoms with van der Waals surface area (Å²) in [6, 6.07) is 8.08. The highest BCUT2D eigenvalue weighted by atomic mass is 16.2. The van der Waals surface area contributed by atoms with Gasteiger partial charge in [-0.3, -0.25) is 14.4 Å². The molecule has 7 heteroatoms. The van der Waals surface area contributed by atoms with Gasteiger partial charge in [0, 0.05) is 49.7 Å². The molecule has 162 valence electrons. The van der Waals surface area contributed by atoms with Crippen LogP contribution in [0.1, 0.15) is 63.9 Å². The number of nitrogens with one attached hydrogen (secondary N) is 2. The number of benzene rings is 1. The smallest absolute Gasteiger partial charge is 0.261 e. The summed E-state index contributed by atoms with van der Waals surface area (Å²) in [6.45, 7) is 3.03. The second-order valence-electron chi connectivity index (χ2n) is 8.82. The maximum Gasteiger partial charge on any atom is 0.261 e. The Labute approximate surface area is 181 Å². The molecule has 3 heterocycles. The van der Waals surface area contributed by atoms with E-state index in [1.807, 2.05) is 24.3 Å². The molecule has 31 heavy (non-hydrogen) atoms. The molecule has 2 N–H and O–H groups in total. The lowest BCUT2D eigenvalue weighted by atomic mass is 9.96. The van der Waals surface area contributed by atoms with Crippen molar-refractivity contribution in [2.45, 2.75) is 51.1 Å². The number of rotatable bonds is 4. The van der Waals surface area contributed by atoms with Crippen LogP contribution in [0.15, 0.2) is 35.3 Å². The topological polar surface area (TPSA) is 85.5 Å². The quantitative estimate of drug-likeness (QED) is 0.796. The van der Waals surface area contributed by atoms with E-state index in [2.05, 4.69) is 15.2 Å². The summed E-state index contributed by atoms with van der Waals surface area (Å²) in [4.78, 5) is 44.9. The first-order valence-corrected chi connectivity index (χ1v) is 11.3. The highest BCUT2D eigenvalue weighted by molar-refractivity contribution is 5.97. The third kappa shape index (κ3) is 4.09. The molecule has 1 aromatic heterocycles. The van der Waals surface area contributed by atoms with Gasteiger partial charge in [0.2, 0.25) is 0 Å². The van der Waals surface area contributed by atoms with Crippen molar-refractivity contribution in [3.05, 3.63) is 63.1 Å². The molecule has 2 aromatic rings. The van der Waals surface area contributed by atoms with Gasteiger partial charge in [0.15, 0.2) is 0 Å². The number of aromatic amines is 1. The van der Waals surface area contributed by atoms with Gasteiger partial charge in [-0.2, -0.15) is 0 Å². The van der Waals surface area contributed by atoms with Crippen molar-refractivity contribution in [2.24, 2.45) is 0 Å². The third-order valence-corrected chi connectivity index (χ3v) is 6.55. The summed E-state index contributed by atoms with van der Waals surface area (Å²) in [6.07, 6.45) is 7.82. The lowest BCUT2D eigenvalue weighted by Crippen LogP contribution is -2.40. The Balaban J connectivity index is 1.31. The van der Waals surface area contributed by atoms with Crippen LogP contribution in [0.25, 0.3) is 0 Å². The zero-order valence-electron chi connectivity index (χ0n) is 17.7. The first-order valence-electron chi connectivity index (χ1n) is 11.3. The summed E-state index contributed by atoms with van der Waals surface area (Å²) < 4.78 is 0. The van der Waals surface area contributed by atoms with Crippen molar-refractivity contribution in [2.75, 3.05) is 24.5 Å². The summed E-state index contributed by atoms with van der Waals surface area (Å²) in [5, 5.41) is 2.91. The van der Waals surface area contributed by atoms with Crippen molar-refractivity contribution in [3.8, 4) is 0 Å². The molecule has 0 bridgehead atoms. The molecule has 1 aromatic carbocycles. The summed E-state index contributed by atoms with van der Waals surface area (Å²) in [5.41, 5.74) is 3.30. The molecule has 3 aliphatic rings. The predicted octanol–water partition coefficient (Wildman–Crippen LogP) is 2.46.